The van der Waals surface area contributed by atoms with Gasteiger partial charge in [-0.3, -0.25) is 19.1 Å². The van der Waals surface area contributed by atoms with Crippen molar-refractivity contribution >= 4 is 66.0 Å². The van der Waals surface area contributed by atoms with Gasteiger partial charge in [0.25, 0.3) is 5.92 Å². The number of carbonyl (C=O) groups excluding carboxylic acids is 2. The maximum atomic E-state index is 15.6. The molecule has 0 spiro atoms. The second-order valence-electron chi connectivity index (χ2n) is 17.6. The molecule has 2 N–H and O–H groups in total. The molecule has 0 saturated heterocycles. The molecule has 5 aromatic rings. The number of halogens is 11. The number of carbonyl (C=O) groups is 3. The molecule has 16 nitrogen and oxygen atoms in total. The van der Waals surface area contributed by atoms with E-state index in [0.717, 1.165) is 30.5 Å². The number of esters is 1. The number of carboxylic acids is 1. The van der Waals surface area contributed by atoms with Gasteiger partial charge in [0, 0.05) is 40.6 Å². The maximum absolute atomic E-state index is 15.6. The third-order valence-corrected chi connectivity index (χ3v) is 15.7. The van der Waals surface area contributed by atoms with Crippen molar-refractivity contribution in [3.63, 3.8) is 0 Å². The summed E-state index contributed by atoms with van der Waals surface area (Å²) in [6.45, 7) is -1.96. The highest BCUT2D eigenvalue weighted by atomic mass is 35.5. The monoisotopic (exact) mass is 1070 g/mol. The molecule has 29 heteroatoms. The Bertz CT molecular complexity index is 3210. The number of rotatable bonds is 16. The van der Waals surface area contributed by atoms with E-state index in [2.05, 4.69) is 25.2 Å². The lowest BCUT2D eigenvalue weighted by atomic mass is 9.93. The van der Waals surface area contributed by atoms with Gasteiger partial charge in [0.15, 0.2) is 28.1 Å². The number of pyridine rings is 1. The van der Waals surface area contributed by atoms with E-state index < -0.39 is 161 Å². The highest BCUT2D eigenvalue weighted by Crippen LogP contribution is 2.68. The van der Waals surface area contributed by atoms with Gasteiger partial charge in [-0.2, -0.15) is 45.3 Å². The van der Waals surface area contributed by atoms with Crippen LogP contribution in [0.4, 0.5) is 49.7 Å². The van der Waals surface area contributed by atoms with Crippen molar-refractivity contribution in [3.05, 3.63) is 93.0 Å². The summed E-state index contributed by atoms with van der Waals surface area (Å²) >= 11 is 6.56. The number of hydrogen-bond donors (Lipinski definition) is 2. The molecule has 1 saturated carbocycles. The number of sulfone groups is 1. The lowest BCUT2D eigenvalue weighted by Gasteiger charge is -2.25. The highest BCUT2D eigenvalue weighted by Gasteiger charge is 2.68. The number of aryl methyl sites for hydroxylation is 1. The van der Waals surface area contributed by atoms with Gasteiger partial charge in [-0.15, -0.1) is 0 Å². The third kappa shape index (κ3) is 10.8. The number of amides is 1. The summed E-state index contributed by atoms with van der Waals surface area (Å²) in [6, 6.07) is 5.01. The first kappa shape index (κ1) is 52.8. The molecule has 2 aliphatic rings. The topological polar surface area (TPSA) is 213 Å². The Balaban J connectivity index is 1.45. The van der Waals surface area contributed by atoms with Crippen molar-refractivity contribution in [1.82, 2.24) is 29.9 Å². The molecule has 1 amide bonds. The third-order valence-electron chi connectivity index (χ3n) is 12.1. The predicted molar refractivity (Wildman–Crippen MR) is 230 cm³/mol. The lowest BCUT2D eigenvalue weighted by molar-refractivity contribution is -0.163. The van der Waals surface area contributed by atoms with Gasteiger partial charge < -0.3 is 15.2 Å². The van der Waals surface area contributed by atoms with Crippen LogP contribution in [0, 0.1) is 17.6 Å². The molecular weight excluding hydrogens is 1040 g/mol. The number of hydrogen-bond acceptors (Lipinski definition) is 11. The standard InChI is InChI=1S/C42H38ClF10N7O9S2/c1-39(2,70(3,65)66)10-9-22-5-6-23(24-7-8-27(43)31-33(24)59(17-40(46,47)48)57-36(31)60(71(4,67)68)18-69-38(64)37(62)63)32(54-22)28(13-19-11-20(44)14-21(45)12-19)55-29(61)16-58-35-30(34(56-58)42(51,52)53)25-15-26(25)41(35,49)50/h5-8,11-12,14,25-26,28H,9-10,13,15-18H2,1-4H3,(H,55,61)(H,62,63)/t25?,26-,28+/m1/s1. The van der Waals surface area contributed by atoms with E-state index in [9.17, 15) is 66.3 Å². The average Bonchev–Trinajstić information content (AvgIpc) is 3.73. The highest BCUT2D eigenvalue weighted by molar-refractivity contribution is 7.92. The van der Waals surface area contributed by atoms with Gasteiger partial charge in [0.1, 0.15) is 30.4 Å². The number of ether oxygens (including phenoxy) is 1. The Morgan fingerprint density at radius 1 is 0.958 bits per heavy atom. The summed E-state index contributed by atoms with van der Waals surface area (Å²) < 4.78 is 202. The van der Waals surface area contributed by atoms with E-state index in [4.69, 9.17) is 16.7 Å². The number of aliphatic carboxylic acids is 1. The molecule has 1 fully saturated rings. The SMILES string of the molecule is CC(C)(CCc1ccc(-c2ccc(Cl)c3c(N(COC(=O)C(=O)O)S(C)(=O)=O)nn(CC(F)(F)F)c23)c([C@H](Cc2cc(F)cc(F)c2)NC(=O)Cn2nc(C(F)(F)F)c3c2C(F)(F)[C@@H]2CC32)n1)S(C)(=O)=O. The summed E-state index contributed by atoms with van der Waals surface area (Å²) in [5.41, 5.74) is -5.43. The molecule has 2 aromatic carbocycles. The first-order chi connectivity index (χ1) is 32.6. The van der Waals surface area contributed by atoms with Crippen LogP contribution in [0.15, 0.2) is 42.5 Å². The van der Waals surface area contributed by atoms with E-state index >= 15 is 8.78 Å². The molecule has 2 aliphatic carbocycles. The Labute approximate surface area is 400 Å². The van der Waals surface area contributed by atoms with Crippen molar-refractivity contribution in [2.75, 3.05) is 23.5 Å². The van der Waals surface area contributed by atoms with E-state index in [1.54, 1.807) is 0 Å². The van der Waals surface area contributed by atoms with Crippen LogP contribution in [0.25, 0.3) is 22.0 Å². The number of aromatic nitrogens is 5. The number of benzene rings is 2. The number of alkyl halides is 8. The Hall–Kier alpha value is -6.03. The number of nitrogens with one attached hydrogen (secondary N) is 1. The van der Waals surface area contributed by atoms with Crippen LogP contribution in [0.3, 0.4) is 0 Å². The first-order valence-electron chi connectivity index (χ1n) is 20.7. The minimum Gasteiger partial charge on any atom is -0.473 e. The molecule has 3 atom stereocenters. The quantitative estimate of drug-likeness (QED) is 0.0434. The average molecular weight is 1070 g/mol. The summed E-state index contributed by atoms with van der Waals surface area (Å²) in [4.78, 5) is 41.9. The smallest absolute Gasteiger partial charge is 0.435 e. The Kier molecular flexibility index (Phi) is 13.6. The van der Waals surface area contributed by atoms with Crippen LogP contribution in [0.5, 0.6) is 0 Å². The van der Waals surface area contributed by atoms with Crippen molar-refractivity contribution in [3.8, 4) is 11.1 Å². The fraction of sp³-hybridized carbons (Fsp3) is 0.429. The Morgan fingerprint density at radius 2 is 1.59 bits per heavy atom. The second kappa shape index (κ2) is 18.2. The van der Waals surface area contributed by atoms with Gasteiger partial charge in [-0.1, -0.05) is 23.7 Å². The minimum absolute atomic E-state index is 0.0296. The van der Waals surface area contributed by atoms with Gasteiger partial charge in [0.05, 0.1) is 38.7 Å². The van der Waals surface area contributed by atoms with Crippen LogP contribution in [0.2, 0.25) is 5.02 Å². The molecule has 0 aliphatic heterocycles. The molecule has 0 bridgehead atoms. The maximum Gasteiger partial charge on any atom is 0.435 e. The van der Waals surface area contributed by atoms with Crippen molar-refractivity contribution < 1.29 is 85.0 Å². The minimum atomic E-state index is -5.22. The molecule has 384 valence electrons. The second-order valence-corrected chi connectivity index (χ2v) is 22.6. The number of carboxylic acid groups (broad SMARTS) is 1. The molecular formula is C42H38ClF10N7O9S2. The zero-order chi connectivity index (χ0) is 52.7. The van der Waals surface area contributed by atoms with E-state index in [-0.39, 0.29) is 55.3 Å². The summed E-state index contributed by atoms with van der Waals surface area (Å²) in [5, 5.41) is 17.6. The van der Waals surface area contributed by atoms with Gasteiger partial charge in [0.2, 0.25) is 15.9 Å². The summed E-state index contributed by atoms with van der Waals surface area (Å²) in [5.74, 6) is -15.2. The van der Waals surface area contributed by atoms with Gasteiger partial charge in [-0.25, -0.2) is 39.5 Å². The van der Waals surface area contributed by atoms with E-state index in [1.807, 2.05) is 0 Å². The summed E-state index contributed by atoms with van der Waals surface area (Å²) in [6.07, 6.45) is -10.2. The fourth-order valence-corrected chi connectivity index (χ4v) is 9.74. The molecule has 7 rings (SSSR count). The number of nitrogens with zero attached hydrogens (tertiary/aromatic N) is 6. The molecule has 3 heterocycles. The molecule has 71 heavy (non-hydrogen) atoms. The zero-order valence-electron chi connectivity index (χ0n) is 37.1. The van der Waals surface area contributed by atoms with Crippen LogP contribution in [0.1, 0.15) is 72.6 Å². The lowest BCUT2D eigenvalue weighted by Crippen LogP contribution is -2.35. The van der Waals surface area contributed by atoms with Crippen LogP contribution in [-0.4, -0.2) is 94.5 Å². The van der Waals surface area contributed by atoms with Gasteiger partial charge in [-0.05, 0) is 75.3 Å². The Morgan fingerprint density at radius 3 is 2.17 bits per heavy atom. The van der Waals surface area contributed by atoms with E-state index in [0.29, 0.717) is 12.3 Å². The number of anilines is 1. The van der Waals surface area contributed by atoms with Crippen molar-refractivity contribution in [2.24, 2.45) is 5.92 Å². The fourth-order valence-electron chi connectivity index (χ4n) is 8.34. The van der Waals surface area contributed by atoms with Crippen molar-refractivity contribution in [2.45, 2.75) is 87.6 Å². The normalized spacial score (nSPS) is 17.2. The van der Waals surface area contributed by atoms with E-state index in [1.165, 1.54) is 26.0 Å². The number of sulfonamides is 1. The largest absolute Gasteiger partial charge is 0.473 e. The molecule has 3 aromatic heterocycles. The summed E-state index contributed by atoms with van der Waals surface area (Å²) in [7, 11) is -8.49. The zero-order valence-corrected chi connectivity index (χ0v) is 39.5. The number of fused-ring (bicyclic) bond motifs is 4. The van der Waals surface area contributed by atoms with Crippen LogP contribution >= 0.6 is 11.6 Å². The van der Waals surface area contributed by atoms with Crippen LogP contribution < -0.4 is 9.62 Å². The van der Waals surface area contributed by atoms with Crippen LogP contribution in [-0.2, 0) is 77.0 Å². The molecule has 1 unspecified atom stereocenters. The molecule has 0 radical (unpaired) electrons. The van der Waals surface area contributed by atoms with Gasteiger partial charge >= 0.3 is 24.3 Å². The predicted octanol–water partition coefficient (Wildman–Crippen LogP) is 7.22. The first-order valence-corrected chi connectivity index (χ1v) is 24.8. The van der Waals surface area contributed by atoms with Crippen molar-refractivity contribution in [1.29, 1.82) is 0 Å².